The molecule has 1 aromatic carbocycles. The van der Waals surface area contributed by atoms with E-state index in [1.165, 1.54) is 0 Å². The number of hydrogen-bond donors (Lipinski definition) is 1. The van der Waals surface area contributed by atoms with E-state index < -0.39 is 0 Å². The molecule has 86 valence electrons. The van der Waals surface area contributed by atoms with Gasteiger partial charge in [0.25, 0.3) is 0 Å². The first-order chi connectivity index (χ1) is 7.76. The van der Waals surface area contributed by atoms with Crippen molar-refractivity contribution in [3.63, 3.8) is 0 Å². The number of benzene rings is 1. The number of methoxy groups -OCH3 is 1. The predicted octanol–water partition coefficient (Wildman–Crippen LogP) is 1.28. The molecular formula is C12H16N2O2. The summed E-state index contributed by atoms with van der Waals surface area (Å²) in [5.74, 6) is 0.886. The van der Waals surface area contributed by atoms with Crippen LogP contribution in [0.4, 0.5) is 5.69 Å². The molecule has 1 amide bonds. The van der Waals surface area contributed by atoms with E-state index in [-0.39, 0.29) is 5.91 Å². The number of rotatable bonds is 3. The number of ether oxygens (including phenoxy) is 1. The molecule has 0 atom stereocenters. The predicted molar refractivity (Wildman–Crippen MR) is 62.5 cm³/mol. The topological polar surface area (TPSA) is 55.6 Å². The standard InChI is InChI=1S/C12H16N2O2/c1-16-11-7-9(8-13)4-5-10(11)14-6-2-3-12(14)15/h4-5,7H,2-3,6,8,13H2,1H3. The van der Waals surface area contributed by atoms with Gasteiger partial charge in [0, 0.05) is 19.5 Å². The summed E-state index contributed by atoms with van der Waals surface area (Å²) >= 11 is 0. The maximum Gasteiger partial charge on any atom is 0.227 e. The second kappa shape index (κ2) is 4.53. The van der Waals surface area contributed by atoms with Crippen LogP contribution in [0.3, 0.4) is 0 Å². The summed E-state index contributed by atoms with van der Waals surface area (Å²) in [7, 11) is 1.61. The van der Waals surface area contributed by atoms with Gasteiger partial charge in [-0.1, -0.05) is 6.07 Å². The van der Waals surface area contributed by atoms with Crippen LogP contribution in [-0.4, -0.2) is 19.6 Å². The highest BCUT2D eigenvalue weighted by molar-refractivity contribution is 5.96. The molecule has 16 heavy (non-hydrogen) atoms. The number of carbonyl (C=O) groups excluding carboxylic acids is 1. The van der Waals surface area contributed by atoms with Gasteiger partial charge < -0.3 is 15.4 Å². The zero-order valence-corrected chi connectivity index (χ0v) is 9.40. The van der Waals surface area contributed by atoms with Gasteiger partial charge in [0.15, 0.2) is 0 Å². The van der Waals surface area contributed by atoms with Crippen molar-refractivity contribution in [1.82, 2.24) is 0 Å². The van der Waals surface area contributed by atoms with E-state index in [4.69, 9.17) is 10.5 Å². The first-order valence-electron chi connectivity index (χ1n) is 5.43. The highest BCUT2D eigenvalue weighted by Gasteiger charge is 2.24. The fourth-order valence-corrected chi connectivity index (χ4v) is 1.97. The third-order valence-electron chi connectivity index (χ3n) is 2.84. The quantitative estimate of drug-likeness (QED) is 0.834. The summed E-state index contributed by atoms with van der Waals surface area (Å²) in [4.78, 5) is 13.4. The van der Waals surface area contributed by atoms with Crippen molar-refractivity contribution < 1.29 is 9.53 Å². The van der Waals surface area contributed by atoms with Crippen LogP contribution in [-0.2, 0) is 11.3 Å². The van der Waals surface area contributed by atoms with Crippen LogP contribution in [0.5, 0.6) is 5.75 Å². The molecule has 1 aliphatic rings. The van der Waals surface area contributed by atoms with Gasteiger partial charge >= 0.3 is 0 Å². The Hall–Kier alpha value is -1.55. The molecule has 0 aliphatic carbocycles. The van der Waals surface area contributed by atoms with Crippen LogP contribution in [0, 0.1) is 0 Å². The minimum Gasteiger partial charge on any atom is -0.495 e. The molecule has 1 aromatic rings. The lowest BCUT2D eigenvalue weighted by Gasteiger charge is -2.19. The summed E-state index contributed by atoms with van der Waals surface area (Å²) < 4.78 is 5.30. The van der Waals surface area contributed by atoms with Crippen molar-refractivity contribution >= 4 is 11.6 Å². The molecule has 0 aromatic heterocycles. The average molecular weight is 220 g/mol. The number of hydrogen-bond acceptors (Lipinski definition) is 3. The largest absolute Gasteiger partial charge is 0.495 e. The van der Waals surface area contributed by atoms with Crippen molar-refractivity contribution in [3.8, 4) is 5.75 Å². The minimum absolute atomic E-state index is 0.166. The number of nitrogens with two attached hydrogens (primary N) is 1. The molecule has 2 N–H and O–H groups in total. The third-order valence-corrected chi connectivity index (χ3v) is 2.84. The molecule has 0 unspecified atom stereocenters. The zero-order valence-electron chi connectivity index (χ0n) is 9.40. The number of amides is 1. The maximum absolute atomic E-state index is 11.6. The third kappa shape index (κ3) is 1.88. The molecule has 4 nitrogen and oxygen atoms in total. The Morgan fingerprint density at radius 1 is 1.50 bits per heavy atom. The molecule has 0 saturated carbocycles. The van der Waals surface area contributed by atoms with E-state index >= 15 is 0 Å². The number of anilines is 1. The van der Waals surface area contributed by atoms with Gasteiger partial charge in [0.2, 0.25) is 5.91 Å². The van der Waals surface area contributed by atoms with E-state index in [0.29, 0.717) is 13.0 Å². The van der Waals surface area contributed by atoms with Gasteiger partial charge in [-0.3, -0.25) is 4.79 Å². The van der Waals surface area contributed by atoms with Gasteiger partial charge in [0.05, 0.1) is 12.8 Å². The Balaban J connectivity index is 2.36. The number of carbonyl (C=O) groups is 1. The molecule has 1 heterocycles. The Morgan fingerprint density at radius 2 is 2.31 bits per heavy atom. The molecule has 4 heteroatoms. The Kier molecular flexibility index (Phi) is 3.10. The lowest BCUT2D eigenvalue weighted by atomic mass is 10.2. The SMILES string of the molecule is COc1cc(CN)ccc1N1CCCC1=O. The molecule has 1 saturated heterocycles. The van der Waals surface area contributed by atoms with Crippen LogP contribution >= 0.6 is 0 Å². The fourth-order valence-electron chi connectivity index (χ4n) is 1.97. The van der Waals surface area contributed by atoms with E-state index in [9.17, 15) is 4.79 Å². The van der Waals surface area contributed by atoms with Crippen molar-refractivity contribution in [2.45, 2.75) is 19.4 Å². The molecule has 0 spiro atoms. The summed E-state index contributed by atoms with van der Waals surface area (Å²) in [6.45, 7) is 1.25. The lowest BCUT2D eigenvalue weighted by molar-refractivity contribution is -0.117. The van der Waals surface area contributed by atoms with Crippen LogP contribution in [0.2, 0.25) is 0 Å². The summed E-state index contributed by atoms with van der Waals surface area (Å²) in [5, 5.41) is 0. The number of nitrogens with zero attached hydrogens (tertiary/aromatic N) is 1. The molecular weight excluding hydrogens is 204 g/mol. The van der Waals surface area contributed by atoms with Crippen LogP contribution in [0.25, 0.3) is 0 Å². The Bertz CT molecular complexity index is 404. The molecule has 0 bridgehead atoms. The smallest absolute Gasteiger partial charge is 0.227 e. The lowest BCUT2D eigenvalue weighted by Crippen LogP contribution is -2.24. The van der Waals surface area contributed by atoms with Crippen LogP contribution in [0.15, 0.2) is 18.2 Å². The van der Waals surface area contributed by atoms with E-state index in [0.717, 1.165) is 30.0 Å². The van der Waals surface area contributed by atoms with Crippen molar-refractivity contribution in [2.24, 2.45) is 5.73 Å². The average Bonchev–Trinajstić information content (AvgIpc) is 2.74. The van der Waals surface area contributed by atoms with Crippen molar-refractivity contribution in [2.75, 3.05) is 18.6 Å². The summed E-state index contributed by atoms with van der Waals surface area (Å²) in [6.07, 6.45) is 1.54. The van der Waals surface area contributed by atoms with Gasteiger partial charge in [-0.15, -0.1) is 0 Å². The monoisotopic (exact) mass is 220 g/mol. The van der Waals surface area contributed by atoms with Crippen molar-refractivity contribution in [1.29, 1.82) is 0 Å². The van der Waals surface area contributed by atoms with Gasteiger partial charge in [-0.25, -0.2) is 0 Å². The molecule has 1 fully saturated rings. The normalized spacial score (nSPS) is 15.6. The van der Waals surface area contributed by atoms with Crippen molar-refractivity contribution in [3.05, 3.63) is 23.8 Å². The van der Waals surface area contributed by atoms with E-state index in [1.807, 2.05) is 18.2 Å². The maximum atomic E-state index is 11.6. The minimum atomic E-state index is 0.166. The van der Waals surface area contributed by atoms with E-state index in [1.54, 1.807) is 12.0 Å². The van der Waals surface area contributed by atoms with E-state index in [2.05, 4.69) is 0 Å². The summed E-state index contributed by atoms with van der Waals surface area (Å²) in [6, 6.07) is 5.73. The second-order valence-electron chi connectivity index (χ2n) is 3.86. The van der Waals surface area contributed by atoms with Crippen LogP contribution in [0.1, 0.15) is 18.4 Å². The Labute approximate surface area is 95.0 Å². The van der Waals surface area contributed by atoms with Crippen LogP contribution < -0.4 is 15.4 Å². The summed E-state index contributed by atoms with van der Waals surface area (Å²) in [5.41, 5.74) is 7.42. The fraction of sp³-hybridized carbons (Fsp3) is 0.417. The molecule has 0 radical (unpaired) electrons. The first-order valence-corrected chi connectivity index (χ1v) is 5.43. The first kappa shape index (κ1) is 11.0. The van der Waals surface area contributed by atoms with Gasteiger partial charge in [-0.2, -0.15) is 0 Å². The highest BCUT2D eigenvalue weighted by Crippen LogP contribution is 2.32. The van der Waals surface area contributed by atoms with Gasteiger partial charge in [0.1, 0.15) is 5.75 Å². The zero-order chi connectivity index (χ0) is 11.5. The second-order valence-corrected chi connectivity index (χ2v) is 3.86. The molecule has 1 aliphatic heterocycles. The highest BCUT2D eigenvalue weighted by atomic mass is 16.5. The molecule has 2 rings (SSSR count). The van der Waals surface area contributed by atoms with Gasteiger partial charge in [-0.05, 0) is 24.1 Å². The Morgan fingerprint density at radius 3 is 2.88 bits per heavy atom.